The van der Waals surface area contributed by atoms with Crippen LogP contribution in [-0.4, -0.2) is 40.0 Å². The van der Waals surface area contributed by atoms with Crippen LogP contribution >= 0.6 is 0 Å². The van der Waals surface area contributed by atoms with Gasteiger partial charge in [0.1, 0.15) is 17.3 Å². The normalized spacial score (nSPS) is 17.2. The summed E-state index contributed by atoms with van der Waals surface area (Å²) in [6.07, 6.45) is 5.52. The van der Waals surface area contributed by atoms with Crippen LogP contribution in [0.1, 0.15) is 44.1 Å². The number of amides is 1. The van der Waals surface area contributed by atoms with Crippen LogP contribution in [0.4, 0.5) is 11.5 Å². The second kappa shape index (κ2) is 8.17. The molecule has 0 saturated carbocycles. The largest absolute Gasteiger partial charge is 0.491 e. The second-order valence-electron chi connectivity index (χ2n) is 7.10. The van der Waals surface area contributed by atoms with E-state index in [1.54, 1.807) is 12.4 Å². The highest BCUT2D eigenvalue weighted by Crippen LogP contribution is 2.20. The van der Waals surface area contributed by atoms with Crippen LogP contribution < -0.4 is 10.1 Å². The Morgan fingerprint density at radius 1 is 1.23 bits per heavy atom. The summed E-state index contributed by atoms with van der Waals surface area (Å²) in [5.41, 5.74) is 1.28. The number of hydrogen-bond acceptors (Lipinski definition) is 5. The zero-order valence-corrected chi connectivity index (χ0v) is 15.6. The Balaban J connectivity index is 1.61. The first-order chi connectivity index (χ1) is 12.5. The Labute approximate surface area is 154 Å². The van der Waals surface area contributed by atoms with Crippen LogP contribution in [0, 0.1) is 5.92 Å². The molecule has 1 aliphatic rings. The highest BCUT2D eigenvalue weighted by molar-refractivity contribution is 5.92. The maximum absolute atomic E-state index is 12.5. The molecule has 6 heteroatoms. The topological polar surface area (TPSA) is 67.4 Å². The molecular weight excluding hydrogens is 328 g/mol. The van der Waals surface area contributed by atoms with Gasteiger partial charge in [-0.3, -0.25) is 4.79 Å². The van der Waals surface area contributed by atoms with Gasteiger partial charge in [0.05, 0.1) is 18.5 Å². The summed E-state index contributed by atoms with van der Waals surface area (Å²) in [5.74, 6) is 1.94. The van der Waals surface area contributed by atoms with Crippen molar-refractivity contribution in [2.45, 2.75) is 39.7 Å². The predicted octanol–water partition coefficient (Wildman–Crippen LogP) is 3.88. The molecule has 1 fully saturated rings. The molecule has 1 aromatic carbocycles. The molecule has 0 spiro atoms. The minimum Gasteiger partial charge on any atom is -0.491 e. The number of ether oxygens (including phenoxy) is 1. The number of carbonyl (C=O) groups excluding carboxylic acids is 1. The van der Waals surface area contributed by atoms with Gasteiger partial charge >= 0.3 is 0 Å². The van der Waals surface area contributed by atoms with Crippen molar-refractivity contribution >= 4 is 17.4 Å². The van der Waals surface area contributed by atoms with E-state index in [4.69, 9.17) is 4.74 Å². The smallest absolute Gasteiger partial charge is 0.274 e. The third kappa shape index (κ3) is 4.71. The summed E-state index contributed by atoms with van der Waals surface area (Å²) in [7, 11) is 0. The molecule has 0 radical (unpaired) electrons. The van der Waals surface area contributed by atoms with Gasteiger partial charge in [0.25, 0.3) is 5.91 Å². The lowest BCUT2D eigenvalue weighted by Gasteiger charge is -2.30. The van der Waals surface area contributed by atoms with Gasteiger partial charge < -0.3 is 15.0 Å². The summed E-state index contributed by atoms with van der Waals surface area (Å²) in [5, 5.41) is 3.18. The fourth-order valence-corrected chi connectivity index (χ4v) is 3.08. The van der Waals surface area contributed by atoms with E-state index in [1.165, 1.54) is 6.42 Å². The Kier molecular flexibility index (Phi) is 5.71. The molecule has 1 saturated heterocycles. The third-order valence-electron chi connectivity index (χ3n) is 4.31. The van der Waals surface area contributed by atoms with Crippen LogP contribution in [-0.2, 0) is 0 Å². The van der Waals surface area contributed by atoms with Gasteiger partial charge in [-0.2, -0.15) is 0 Å². The third-order valence-corrected chi connectivity index (χ3v) is 4.31. The first kappa shape index (κ1) is 18.2. The van der Waals surface area contributed by atoms with Crippen molar-refractivity contribution in [1.82, 2.24) is 14.9 Å². The number of carbonyl (C=O) groups is 1. The number of piperidine rings is 1. The van der Waals surface area contributed by atoms with Gasteiger partial charge in [0, 0.05) is 18.8 Å². The molecule has 1 aromatic heterocycles. The van der Waals surface area contributed by atoms with Crippen molar-refractivity contribution in [3.8, 4) is 5.75 Å². The fraction of sp³-hybridized carbons (Fsp3) is 0.450. The van der Waals surface area contributed by atoms with Gasteiger partial charge in [-0.15, -0.1) is 0 Å². The van der Waals surface area contributed by atoms with E-state index >= 15 is 0 Å². The van der Waals surface area contributed by atoms with E-state index in [2.05, 4.69) is 22.2 Å². The highest BCUT2D eigenvalue weighted by atomic mass is 16.5. The molecule has 6 nitrogen and oxygen atoms in total. The highest BCUT2D eigenvalue weighted by Gasteiger charge is 2.23. The van der Waals surface area contributed by atoms with Crippen molar-refractivity contribution in [3.63, 3.8) is 0 Å². The lowest BCUT2D eigenvalue weighted by molar-refractivity contribution is 0.0676. The quantitative estimate of drug-likeness (QED) is 0.882. The molecule has 1 aliphatic heterocycles. The van der Waals surface area contributed by atoms with Crippen molar-refractivity contribution in [1.29, 1.82) is 0 Å². The number of nitrogens with one attached hydrogen (secondary N) is 1. The molecule has 1 N–H and O–H groups in total. The van der Waals surface area contributed by atoms with Crippen LogP contribution in [0.5, 0.6) is 5.75 Å². The Bertz CT molecular complexity index is 728. The van der Waals surface area contributed by atoms with Crippen molar-refractivity contribution in [3.05, 3.63) is 42.4 Å². The number of aromatic nitrogens is 2. The Hall–Kier alpha value is -2.63. The number of rotatable bonds is 5. The molecule has 0 bridgehead atoms. The van der Waals surface area contributed by atoms with Gasteiger partial charge in [0.15, 0.2) is 0 Å². The first-order valence-corrected chi connectivity index (χ1v) is 9.16. The van der Waals surface area contributed by atoms with E-state index in [0.717, 1.165) is 30.9 Å². The summed E-state index contributed by atoms with van der Waals surface area (Å²) in [6, 6.07) is 7.66. The minimum atomic E-state index is -0.0363. The standard InChI is InChI=1S/C20H26N4O2/c1-14(2)26-17-8-6-16(7-9-17)23-19-12-21-18(11-22-19)20(25)24-10-4-5-15(3)13-24/h6-9,11-12,14-15H,4-5,10,13H2,1-3H3,(H,22,23). The molecule has 2 aromatic rings. The van der Waals surface area contributed by atoms with Gasteiger partial charge in [0.2, 0.25) is 0 Å². The molecule has 2 heterocycles. The van der Waals surface area contributed by atoms with E-state index in [0.29, 0.717) is 17.4 Å². The molecule has 3 rings (SSSR count). The Morgan fingerprint density at radius 3 is 2.62 bits per heavy atom. The molecule has 1 atom stereocenters. The molecular formula is C20H26N4O2. The number of anilines is 2. The van der Waals surface area contributed by atoms with E-state index < -0.39 is 0 Å². The number of benzene rings is 1. The van der Waals surface area contributed by atoms with Crippen molar-refractivity contribution < 1.29 is 9.53 Å². The van der Waals surface area contributed by atoms with Gasteiger partial charge in [-0.25, -0.2) is 9.97 Å². The van der Waals surface area contributed by atoms with Crippen LogP contribution in [0.2, 0.25) is 0 Å². The van der Waals surface area contributed by atoms with Crippen LogP contribution in [0.15, 0.2) is 36.7 Å². The monoisotopic (exact) mass is 354 g/mol. The first-order valence-electron chi connectivity index (χ1n) is 9.16. The number of hydrogen-bond donors (Lipinski definition) is 1. The van der Waals surface area contributed by atoms with Crippen LogP contribution in [0.3, 0.4) is 0 Å². The van der Waals surface area contributed by atoms with Crippen molar-refractivity contribution in [2.24, 2.45) is 5.92 Å². The molecule has 26 heavy (non-hydrogen) atoms. The number of nitrogens with zero attached hydrogens (tertiary/aromatic N) is 3. The number of likely N-dealkylation sites (tertiary alicyclic amines) is 1. The maximum atomic E-state index is 12.5. The SMILES string of the molecule is CC1CCCN(C(=O)c2cnc(Nc3ccc(OC(C)C)cc3)cn2)C1. The van der Waals surface area contributed by atoms with E-state index in [-0.39, 0.29) is 12.0 Å². The average Bonchev–Trinajstić information content (AvgIpc) is 2.63. The summed E-state index contributed by atoms with van der Waals surface area (Å²) >= 11 is 0. The average molecular weight is 354 g/mol. The summed E-state index contributed by atoms with van der Waals surface area (Å²) in [6.45, 7) is 7.76. The predicted molar refractivity (Wildman–Crippen MR) is 102 cm³/mol. The zero-order valence-electron chi connectivity index (χ0n) is 15.6. The van der Waals surface area contributed by atoms with Gasteiger partial charge in [-0.1, -0.05) is 6.92 Å². The molecule has 0 aliphatic carbocycles. The lowest BCUT2D eigenvalue weighted by atomic mass is 10.0. The van der Waals surface area contributed by atoms with Crippen molar-refractivity contribution in [2.75, 3.05) is 18.4 Å². The second-order valence-corrected chi connectivity index (χ2v) is 7.10. The fourth-order valence-electron chi connectivity index (χ4n) is 3.08. The minimum absolute atomic E-state index is 0.0363. The molecule has 138 valence electrons. The molecule has 1 unspecified atom stereocenters. The lowest BCUT2D eigenvalue weighted by Crippen LogP contribution is -2.39. The summed E-state index contributed by atoms with van der Waals surface area (Å²) < 4.78 is 5.63. The molecule has 1 amide bonds. The Morgan fingerprint density at radius 2 is 2.00 bits per heavy atom. The van der Waals surface area contributed by atoms with Crippen LogP contribution in [0.25, 0.3) is 0 Å². The zero-order chi connectivity index (χ0) is 18.5. The van der Waals surface area contributed by atoms with E-state index in [9.17, 15) is 4.79 Å². The summed E-state index contributed by atoms with van der Waals surface area (Å²) in [4.78, 5) is 23.0. The maximum Gasteiger partial charge on any atom is 0.274 e. The van der Waals surface area contributed by atoms with Gasteiger partial charge in [-0.05, 0) is 56.9 Å². The van der Waals surface area contributed by atoms with E-state index in [1.807, 2.05) is 43.0 Å².